The summed E-state index contributed by atoms with van der Waals surface area (Å²) in [5.74, 6) is -0.713. The molecule has 1 atom stereocenters. The average Bonchev–Trinajstić information content (AvgIpc) is 2.58. The molecule has 0 saturated heterocycles. The number of rotatable bonds is 9. The molecule has 0 bridgehead atoms. The number of nitrogens with one attached hydrogen (secondary N) is 1. The van der Waals surface area contributed by atoms with E-state index in [1.807, 2.05) is 0 Å². The first kappa shape index (κ1) is 22.4. The van der Waals surface area contributed by atoms with E-state index < -0.39 is 28.7 Å². The van der Waals surface area contributed by atoms with Crippen LogP contribution in [-0.2, 0) is 14.8 Å². The van der Waals surface area contributed by atoms with E-state index in [1.54, 1.807) is 43.5 Å². The van der Waals surface area contributed by atoms with E-state index in [0.717, 1.165) is 5.56 Å². The molecule has 26 heavy (non-hydrogen) atoms. The van der Waals surface area contributed by atoms with Crippen molar-refractivity contribution in [3.8, 4) is 0 Å². The lowest BCUT2D eigenvalue weighted by atomic mass is 10.1. The Balaban J connectivity index is 2.67. The molecule has 0 heterocycles. The zero-order chi connectivity index (χ0) is 20.0. The Bertz CT molecular complexity index is 687. The van der Waals surface area contributed by atoms with Crippen LogP contribution in [0.1, 0.15) is 32.4 Å². The lowest BCUT2D eigenvalue weighted by Crippen LogP contribution is -2.87. The van der Waals surface area contributed by atoms with E-state index in [4.69, 9.17) is 0 Å². The van der Waals surface area contributed by atoms with E-state index >= 15 is 0 Å². The first-order valence-electron chi connectivity index (χ1n) is 8.28. The number of nitrogens with two attached hydrogens (primary N) is 1. The Hall–Kier alpha value is -1.65. The van der Waals surface area contributed by atoms with E-state index in [0.29, 0.717) is 13.1 Å². The number of halogens is 3. The zero-order valence-corrected chi connectivity index (χ0v) is 15.8. The molecule has 1 aromatic carbocycles. The Kier molecular flexibility index (Phi) is 8.04. The molecule has 1 aromatic rings. The van der Waals surface area contributed by atoms with Crippen LogP contribution in [0.3, 0.4) is 0 Å². The highest BCUT2D eigenvalue weighted by molar-refractivity contribution is 7.89. The molecule has 10 heteroatoms. The van der Waals surface area contributed by atoms with E-state index in [2.05, 4.69) is 0 Å². The molecule has 0 aliphatic heterocycles. The van der Waals surface area contributed by atoms with E-state index in [-0.39, 0.29) is 17.5 Å². The number of alkyl halides is 3. The van der Waals surface area contributed by atoms with Gasteiger partial charge < -0.3 is 10.6 Å². The van der Waals surface area contributed by atoms with Crippen molar-refractivity contribution in [2.75, 3.05) is 26.2 Å². The van der Waals surface area contributed by atoms with Crippen LogP contribution in [-0.4, -0.2) is 51.0 Å². The monoisotopic (exact) mass is 396 g/mol. The number of nitrogens with zero attached hydrogens (tertiary/aromatic N) is 1. The zero-order valence-electron chi connectivity index (χ0n) is 15.0. The molecule has 0 aliphatic rings. The van der Waals surface area contributed by atoms with Crippen molar-refractivity contribution < 1.29 is 31.7 Å². The summed E-state index contributed by atoms with van der Waals surface area (Å²) < 4.78 is 62.3. The first-order chi connectivity index (χ1) is 12.0. The van der Waals surface area contributed by atoms with Crippen LogP contribution in [0.4, 0.5) is 13.2 Å². The lowest BCUT2D eigenvalue weighted by molar-refractivity contribution is -0.682. The highest BCUT2D eigenvalue weighted by atomic mass is 32.2. The summed E-state index contributed by atoms with van der Waals surface area (Å²) in [5, 5.41) is 3.39. The fourth-order valence-corrected chi connectivity index (χ4v) is 3.80. The van der Waals surface area contributed by atoms with Gasteiger partial charge in [0.2, 0.25) is 10.0 Å². The van der Waals surface area contributed by atoms with Gasteiger partial charge in [-0.1, -0.05) is 26.0 Å². The topological polar surface area (TPSA) is 83.1 Å². The predicted octanol–water partition coefficient (Wildman–Crippen LogP) is 1.02. The van der Waals surface area contributed by atoms with Gasteiger partial charge in [0.1, 0.15) is 12.6 Å². The average molecular weight is 396 g/mol. The third-order valence-electron chi connectivity index (χ3n) is 3.89. The summed E-state index contributed by atoms with van der Waals surface area (Å²) in [6.45, 7) is 4.54. The molecule has 148 valence electrons. The molecule has 0 fully saturated rings. The number of quaternary nitrogens is 1. The van der Waals surface area contributed by atoms with Gasteiger partial charge in [-0.3, -0.25) is 4.79 Å². The van der Waals surface area contributed by atoms with Crippen LogP contribution in [0.5, 0.6) is 0 Å². The Morgan fingerprint density at radius 2 is 1.73 bits per heavy atom. The minimum atomic E-state index is -4.44. The highest BCUT2D eigenvalue weighted by Gasteiger charge is 2.28. The molecular weight excluding hydrogens is 371 g/mol. The summed E-state index contributed by atoms with van der Waals surface area (Å²) >= 11 is 0. The SMILES string of the molecule is CCN(CC)S(=O)(=O)c1ccc([C@@H](C)[NH2+]CC(=O)NCC(F)(F)F)cc1. The number of sulfonamides is 1. The minimum absolute atomic E-state index is 0.156. The van der Waals surface area contributed by atoms with Gasteiger partial charge in [-0.2, -0.15) is 17.5 Å². The van der Waals surface area contributed by atoms with E-state index in [9.17, 15) is 26.4 Å². The summed E-state index contributed by atoms with van der Waals surface area (Å²) in [6.07, 6.45) is -4.44. The van der Waals surface area contributed by atoms with Gasteiger partial charge in [0.05, 0.1) is 4.90 Å². The molecular formula is C16H25F3N3O3S+. The fourth-order valence-electron chi connectivity index (χ4n) is 2.35. The molecule has 0 saturated carbocycles. The molecule has 6 nitrogen and oxygen atoms in total. The number of amides is 1. The second-order valence-electron chi connectivity index (χ2n) is 5.78. The summed E-state index contributed by atoms with van der Waals surface area (Å²) in [7, 11) is -3.54. The van der Waals surface area contributed by atoms with E-state index in [1.165, 1.54) is 16.4 Å². The van der Waals surface area contributed by atoms with Crippen LogP contribution in [0.15, 0.2) is 29.2 Å². The van der Waals surface area contributed by atoms with Crippen LogP contribution < -0.4 is 10.6 Å². The van der Waals surface area contributed by atoms with Crippen molar-refractivity contribution in [3.63, 3.8) is 0 Å². The standard InChI is InChI=1S/C16H24F3N3O3S/c1-4-22(5-2)26(24,25)14-8-6-13(7-9-14)12(3)20-10-15(23)21-11-16(17,18)19/h6-9,12,20H,4-5,10-11H2,1-3H3,(H,21,23)/p+1/t12-/m1/s1. The van der Waals surface area contributed by atoms with Gasteiger partial charge >= 0.3 is 6.18 Å². The van der Waals surface area contributed by atoms with Crippen molar-refractivity contribution in [2.24, 2.45) is 0 Å². The van der Waals surface area contributed by atoms with Gasteiger partial charge in [-0.05, 0) is 19.1 Å². The second-order valence-corrected chi connectivity index (χ2v) is 7.72. The number of benzene rings is 1. The van der Waals surface area contributed by atoms with Crippen molar-refractivity contribution in [1.82, 2.24) is 9.62 Å². The largest absolute Gasteiger partial charge is 0.405 e. The number of carbonyl (C=O) groups excluding carboxylic acids is 1. The molecule has 0 spiro atoms. The molecule has 1 rings (SSSR count). The number of hydrogen-bond acceptors (Lipinski definition) is 3. The second kappa shape index (κ2) is 9.33. The lowest BCUT2D eigenvalue weighted by Gasteiger charge is -2.19. The quantitative estimate of drug-likeness (QED) is 0.654. The Morgan fingerprint density at radius 3 is 2.19 bits per heavy atom. The summed E-state index contributed by atoms with van der Waals surface area (Å²) in [5.41, 5.74) is 0.770. The van der Waals surface area contributed by atoms with Gasteiger partial charge in [-0.15, -0.1) is 0 Å². The molecule has 0 radical (unpaired) electrons. The van der Waals surface area contributed by atoms with Crippen LogP contribution in [0.25, 0.3) is 0 Å². The van der Waals surface area contributed by atoms with Gasteiger partial charge in [0, 0.05) is 18.7 Å². The van der Waals surface area contributed by atoms with Gasteiger partial charge in [-0.25, -0.2) is 8.42 Å². The molecule has 1 amide bonds. The Labute approximate surface area is 151 Å². The number of hydrogen-bond donors (Lipinski definition) is 2. The van der Waals surface area contributed by atoms with Crippen molar-refractivity contribution >= 4 is 15.9 Å². The van der Waals surface area contributed by atoms with Gasteiger partial charge in [0.15, 0.2) is 6.54 Å². The maximum absolute atomic E-state index is 12.4. The van der Waals surface area contributed by atoms with Crippen LogP contribution >= 0.6 is 0 Å². The third-order valence-corrected chi connectivity index (χ3v) is 5.96. The minimum Gasteiger partial charge on any atom is -0.342 e. The highest BCUT2D eigenvalue weighted by Crippen LogP contribution is 2.18. The van der Waals surface area contributed by atoms with Gasteiger partial charge in [0.25, 0.3) is 5.91 Å². The maximum Gasteiger partial charge on any atom is 0.405 e. The molecule has 3 N–H and O–H groups in total. The number of carbonyl (C=O) groups is 1. The maximum atomic E-state index is 12.4. The van der Waals surface area contributed by atoms with Crippen molar-refractivity contribution in [2.45, 2.75) is 37.9 Å². The Morgan fingerprint density at radius 1 is 1.19 bits per heavy atom. The normalized spacial score (nSPS) is 13.7. The van der Waals surface area contributed by atoms with Crippen molar-refractivity contribution in [1.29, 1.82) is 0 Å². The van der Waals surface area contributed by atoms with Crippen molar-refractivity contribution in [3.05, 3.63) is 29.8 Å². The summed E-state index contributed by atoms with van der Waals surface area (Å²) in [4.78, 5) is 11.6. The summed E-state index contributed by atoms with van der Waals surface area (Å²) in [6, 6.07) is 6.07. The van der Waals surface area contributed by atoms with Crippen LogP contribution in [0, 0.1) is 0 Å². The van der Waals surface area contributed by atoms with Crippen LogP contribution in [0.2, 0.25) is 0 Å². The smallest absolute Gasteiger partial charge is 0.342 e. The molecule has 0 aromatic heterocycles. The molecule has 0 unspecified atom stereocenters. The fraction of sp³-hybridized carbons (Fsp3) is 0.562. The molecule has 0 aliphatic carbocycles. The predicted molar refractivity (Wildman–Crippen MR) is 90.8 cm³/mol. The third kappa shape index (κ3) is 6.58. The first-order valence-corrected chi connectivity index (χ1v) is 9.72.